The SMILES string of the molecule is CC(C)(SS)c1ccc2[nH]ccc2c1. The molecule has 0 fully saturated rings. The Balaban J connectivity index is 2.53. The first-order valence-corrected chi connectivity index (χ1v) is 6.40. The molecule has 0 aliphatic carbocycles. The van der Waals surface area contributed by atoms with Crippen molar-refractivity contribution in [2.75, 3.05) is 0 Å². The van der Waals surface area contributed by atoms with Gasteiger partial charge in [0.25, 0.3) is 0 Å². The van der Waals surface area contributed by atoms with Gasteiger partial charge in [-0.1, -0.05) is 16.9 Å². The van der Waals surface area contributed by atoms with Crippen LogP contribution in [0, 0.1) is 0 Å². The van der Waals surface area contributed by atoms with Crippen molar-refractivity contribution in [2.24, 2.45) is 0 Å². The number of rotatable bonds is 2. The van der Waals surface area contributed by atoms with Gasteiger partial charge < -0.3 is 4.98 Å². The summed E-state index contributed by atoms with van der Waals surface area (Å²) in [5.74, 6) is 0. The highest BCUT2D eigenvalue weighted by Crippen LogP contribution is 2.38. The lowest BCUT2D eigenvalue weighted by molar-refractivity contribution is 0.791. The van der Waals surface area contributed by atoms with Gasteiger partial charge in [0.1, 0.15) is 0 Å². The molecule has 0 atom stereocenters. The average Bonchev–Trinajstić information content (AvgIpc) is 2.64. The van der Waals surface area contributed by atoms with Crippen LogP contribution < -0.4 is 0 Å². The normalized spacial score (nSPS) is 12.2. The van der Waals surface area contributed by atoms with E-state index < -0.39 is 0 Å². The van der Waals surface area contributed by atoms with E-state index in [1.807, 2.05) is 6.20 Å². The second-order valence-corrected chi connectivity index (χ2v) is 5.63. The van der Waals surface area contributed by atoms with Gasteiger partial charge in [0.15, 0.2) is 0 Å². The third-order valence-electron chi connectivity index (χ3n) is 2.48. The van der Waals surface area contributed by atoms with Crippen molar-refractivity contribution in [3.05, 3.63) is 36.0 Å². The minimum absolute atomic E-state index is 0.0641. The molecule has 0 aliphatic heterocycles. The number of aromatic nitrogens is 1. The predicted molar refractivity (Wildman–Crippen MR) is 67.9 cm³/mol. The summed E-state index contributed by atoms with van der Waals surface area (Å²) >= 11 is 4.30. The minimum atomic E-state index is 0.0641. The number of hydrogen-bond acceptors (Lipinski definition) is 2. The van der Waals surface area contributed by atoms with E-state index in [9.17, 15) is 0 Å². The van der Waals surface area contributed by atoms with Gasteiger partial charge in [-0.3, -0.25) is 0 Å². The topological polar surface area (TPSA) is 15.8 Å². The number of hydrogen-bond donors (Lipinski definition) is 2. The molecule has 1 aromatic carbocycles. The molecule has 0 amide bonds. The van der Waals surface area contributed by atoms with E-state index in [0.717, 1.165) is 0 Å². The molecule has 14 heavy (non-hydrogen) atoms. The van der Waals surface area contributed by atoms with Crippen LogP contribution in [0.4, 0.5) is 0 Å². The summed E-state index contributed by atoms with van der Waals surface area (Å²) in [5.41, 5.74) is 2.50. The summed E-state index contributed by atoms with van der Waals surface area (Å²) in [6.07, 6.45) is 1.97. The second kappa shape index (κ2) is 3.55. The van der Waals surface area contributed by atoms with E-state index in [2.05, 4.69) is 54.8 Å². The molecule has 0 saturated carbocycles. The Hall–Kier alpha value is -0.540. The Labute approximate surface area is 93.1 Å². The molecule has 1 N–H and O–H groups in total. The number of thiol groups is 1. The molecule has 1 aromatic heterocycles. The van der Waals surface area contributed by atoms with Crippen LogP contribution in [0.15, 0.2) is 30.5 Å². The monoisotopic (exact) mass is 223 g/mol. The maximum Gasteiger partial charge on any atom is 0.0454 e. The molecule has 0 unspecified atom stereocenters. The molecule has 0 bridgehead atoms. The third-order valence-corrected chi connectivity index (χ3v) is 4.54. The van der Waals surface area contributed by atoms with Gasteiger partial charge in [0.05, 0.1) is 0 Å². The van der Waals surface area contributed by atoms with Crippen molar-refractivity contribution in [2.45, 2.75) is 18.6 Å². The lowest BCUT2D eigenvalue weighted by Crippen LogP contribution is -2.09. The number of benzene rings is 1. The maximum absolute atomic E-state index is 4.30. The molecule has 0 aliphatic rings. The fraction of sp³-hybridized carbons (Fsp3) is 0.273. The van der Waals surface area contributed by atoms with Crippen LogP contribution in [-0.4, -0.2) is 4.98 Å². The van der Waals surface area contributed by atoms with Gasteiger partial charge in [0, 0.05) is 16.5 Å². The molecule has 1 nitrogen and oxygen atoms in total. The van der Waals surface area contributed by atoms with Crippen molar-refractivity contribution < 1.29 is 0 Å². The lowest BCUT2D eigenvalue weighted by Gasteiger charge is -2.21. The zero-order valence-corrected chi connectivity index (χ0v) is 9.95. The van der Waals surface area contributed by atoms with Crippen molar-refractivity contribution in [3.8, 4) is 0 Å². The molecule has 2 aromatic rings. The van der Waals surface area contributed by atoms with Crippen LogP contribution in [0.2, 0.25) is 0 Å². The molecule has 1 heterocycles. The lowest BCUT2D eigenvalue weighted by atomic mass is 10.0. The molecule has 74 valence electrons. The Morgan fingerprint density at radius 1 is 1.29 bits per heavy atom. The van der Waals surface area contributed by atoms with Crippen LogP contribution in [0.25, 0.3) is 10.9 Å². The largest absolute Gasteiger partial charge is 0.361 e. The summed E-state index contributed by atoms with van der Waals surface area (Å²) < 4.78 is 0.0641. The highest BCUT2D eigenvalue weighted by atomic mass is 33.1. The van der Waals surface area contributed by atoms with Crippen molar-refractivity contribution in [1.29, 1.82) is 0 Å². The summed E-state index contributed by atoms with van der Waals surface area (Å²) in [5, 5.41) is 1.26. The zero-order valence-electron chi connectivity index (χ0n) is 8.24. The van der Waals surface area contributed by atoms with Crippen LogP contribution in [0.1, 0.15) is 19.4 Å². The van der Waals surface area contributed by atoms with E-state index in [-0.39, 0.29) is 4.75 Å². The summed E-state index contributed by atoms with van der Waals surface area (Å²) in [4.78, 5) is 3.19. The molecule has 3 heteroatoms. The quantitative estimate of drug-likeness (QED) is 0.581. The van der Waals surface area contributed by atoms with E-state index in [4.69, 9.17) is 0 Å². The van der Waals surface area contributed by atoms with Gasteiger partial charge in [-0.25, -0.2) is 0 Å². The first-order valence-electron chi connectivity index (χ1n) is 4.54. The highest BCUT2D eigenvalue weighted by Gasteiger charge is 2.19. The summed E-state index contributed by atoms with van der Waals surface area (Å²) in [6, 6.07) is 8.59. The van der Waals surface area contributed by atoms with Gasteiger partial charge in [0.2, 0.25) is 0 Å². The van der Waals surface area contributed by atoms with Gasteiger partial charge in [-0.2, -0.15) is 0 Å². The number of H-pyrrole nitrogens is 1. The molecule has 2 rings (SSSR count). The van der Waals surface area contributed by atoms with E-state index in [1.165, 1.54) is 16.5 Å². The van der Waals surface area contributed by atoms with Crippen LogP contribution in [0.5, 0.6) is 0 Å². The fourth-order valence-corrected chi connectivity index (χ4v) is 2.03. The van der Waals surface area contributed by atoms with Gasteiger partial charge >= 0.3 is 0 Å². The maximum atomic E-state index is 4.30. The Kier molecular flexibility index (Phi) is 2.54. The fourth-order valence-electron chi connectivity index (χ4n) is 1.48. The van der Waals surface area contributed by atoms with Gasteiger partial charge in [-0.15, -0.1) is 11.7 Å². The van der Waals surface area contributed by atoms with Crippen LogP contribution in [-0.2, 0) is 4.75 Å². The predicted octanol–water partition coefficient (Wildman–Crippen LogP) is 3.98. The molecule has 0 radical (unpaired) electrons. The molecule has 0 spiro atoms. The molecular weight excluding hydrogens is 210 g/mol. The Morgan fingerprint density at radius 3 is 2.79 bits per heavy atom. The van der Waals surface area contributed by atoms with E-state index >= 15 is 0 Å². The standard InChI is InChI=1S/C11H13NS2/c1-11(2,14-13)9-3-4-10-8(7-9)5-6-12-10/h3-7,12-13H,1-2H3. The highest BCUT2D eigenvalue weighted by molar-refractivity contribution is 8.68. The first kappa shape index (κ1) is 9.99. The third kappa shape index (κ3) is 1.66. The number of nitrogens with one attached hydrogen (secondary N) is 1. The molecule has 0 saturated heterocycles. The average molecular weight is 223 g/mol. The first-order chi connectivity index (χ1) is 6.63. The Morgan fingerprint density at radius 2 is 2.07 bits per heavy atom. The smallest absolute Gasteiger partial charge is 0.0454 e. The van der Waals surface area contributed by atoms with E-state index in [0.29, 0.717) is 0 Å². The Bertz CT molecular complexity index is 445. The second-order valence-electron chi connectivity index (χ2n) is 3.88. The molecular formula is C11H13NS2. The van der Waals surface area contributed by atoms with E-state index in [1.54, 1.807) is 10.8 Å². The van der Waals surface area contributed by atoms with Crippen molar-refractivity contribution in [1.82, 2.24) is 4.98 Å². The van der Waals surface area contributed by atoms with Gasteiger partial charge in [-0.05, 0) is 43.0 Å². The zero-order chi connectivity index (χ0) is 10.2. The number of fused-ring (bicyclic) bond motifs is 1. The van der Waals surface area contributed by atoms with Crippen molar-refractivity contribution >= 4 is 33.4 Å². The van der Waals surface area contributed by atoms with Crippen molar-refractivity contribution in [3.63, 3.8) is 0 Å². The minimum Gasteiger partial charge on any atom is -0.361 e. The van der Waals surface area contributed by atoms with Crippen LogP contribution in [0.3, 0.4) is 0 Å². The summed E-state index contributed by atoms with van der Waals surface area (Å²) in [7, 11) is 1.58. The van der Waals surface area contributed by atoms with Crippen LogP contribution >= 0.6 is 22.5 Å². The summed E-state index contributed by atoms with van der Waals surface area (Å²) in [6.45, 7) is 4.36. The number of aromatic amines is 1.